The van der Waals surface area contributed by atoms with Crippen molar-refractivity contribution in [1.82, 2.24) is 14.4 Å². The standard InChI is InChI=1S/C26H35N3O4/c1-27-15-7-10-21(27)17-28(20-11-12-20)25(30)18-29(19-8-5-4-6-9-19)26(31)23-14-13-22(32-2)16-24(23)33-3/h7,10,13-16,19-20H,4-6,8-9,11-12,17-18H2,1-3H3. The van der Waals surface area contributed by atoms with Crippen LogP contribution in [-0.4, -0.2) is 59.0 Å². The molecule has 0 unspecified atom stereocenters. The lowest BCUT2D eigenvalue weighted by Gasteiger charge is -2.36. The molecular weight excluding hydrogens is 418 g/mol. The van der Waals surface area contributed by atoms with Crippen LogP contribution in [0.2, 0.25) is 0 Å². The number of hydrogen-bond donors (Lipinski definition) is 0. The van der Waals surface area contributed by atoms with Crippen LogP contribution in [0.4, 0.5) is 0 Å². The van der Waals surface area contributed by atoms with Gasteiger partial charge in [-0.1, -0.05) is 19.3 Å². The molecule has 2 amide bonds. The maximum Gasteiger partial charge on any atom is 0.258 e. The van der Waals surface area contributed by atoms with Crippen molar-refractivity contribution in [2.75, 3.05) is 20.8 Å². The Bertz CT molecular complexity index is 976. The summed E-state index contributed by atoms with van der Waals surface area (Å²) in [7, 11) is 5.14. The number of nitrogens with zero attached hydrogens (tertiary/aromatic N) is 3. The lowest BCUT2D eigenvalue weighted by Crippen LogP contribution is -2.48. The van der Waals surface area contributed by atoms with Crippen LogP contribution in [0.1, 0.15) is 61.0 Å². The molecule has 1 aromatic carbocycles. The van der Waals surface area contributed by atoms with Crippen molar-refractivity contribution in [2.45, 2.75) is 63.6 Å². The van der Waals surface area contributed by atoms with Crippen LogP contribution in [0.25, 0.3) is 0 Å². The van der Waals surface area contributed by atoms with Crippen molar-refractivity contribution in [2.24, 2.45) is 7.05 Å². The number of carbonyl (C=O) groups excluding carboxylic acids is 2. The fraction of sp³-hybridized carbons (Fsp3) is 0.538. The molecule has 33 heavy (non-hydrogen) atoms. The summed E-state index contributed by atoms with van der Waals surface area (Å²) in [5.41, 5.74) is 1.57. The van der Waals surface area contributed by atoms with E-state index < -0.39 is 0 Å². The van der Waals surface area contributed by atoms with Crippen molar-refractivity contribution < 1.29 is 19.1 Å². The summed E-state index contributed by atoms with van der Waals surface area (Å²) in [4.78, 5) is 31.1. The maximum absolute atomic E-state index is 13.8. The fourth-order valence-corrected chi connectivity index (χ4v) is 4.77. The monoisotopic (exact) mass is 453 g/mol. The molecule has 4 rings (SSSR count). The van der Waals surface area contributed by atoms with Gasteiger partial charge in [0.2, 0.25) is 5.91 Å². The molecule has 1 aromatic heterocycles. The molecular formula is C26H35N3O4. The number of methoxy groups -OCH3 is 2. The molecule has 7 nitrogen and oxygen atoms in total. The molecule has 1 heterocycles. The molecule has 2 aliphatic carbocycles. The number of aryl methyl sites for hydroxylation is 1. The second-order valence-electron chi connectivity index (χ2n) is 9.15. The average molecular weight is 454 g/mol. The van der Waals surface area contributed by atoms with Gasteiger partial charge in [-0.3, -0.25) is 9.59 Å². The van der Waals surface area contributed by atoms with E-state index in [0.717, 1.165) is 44.2 Å². The molecule has 7 heteroatoms. The Labute approximate surface area is 196 Å². The number of amides is 2. The van der Waals surface area contributed by atoms with Crippen LogP contribution in [0.5, 0.6) is 11.5 Å². The topological polar surface area (TPSA) is 64.0 Å². The second kappa shape index (κ2) is 10.3. The van der Waals surface area contributed by atoms with Gasteiger partial charge in [-0.05, 0) is 49.9 Å². The predicted molar refractivity (Wildman–Crippen MR) is 126 cm³/mol. The number of benzene rings is 1. The van der Waals surface area contributed by atoms with Gasteiger partial charge >= 0.3 is 0 Å². The Morgan fingerprint density at radius 2 is 1.70 bits per heavy atom. The fourth-order valence-electron chi connectivity index (χ4n) is 4.77. The third kappa shape index (κ3) is 5.34. The molecule has 0 bridgehead atoms. The van der Waals surface area contributed by atoms with Gasteiger partial charge in [0.1, 0.15) is 18.0 Å². The third-order valence-electron chi connectivity index (χ3n) is 6.91. The molecule has 0 N–H and O–H groups in total. The van der Waals surface area contributed by atoms with Crippen molar-refractivity contribution in [3.8, 4) is 11.5 Å². The van der Waals surface area contributed by atoms with E-state index in [2.05, 4.69) is 10.6 Å². The van der Waals surface area contributed by atoms with E-state index in [1.807, 2.05) is 24.2 Å². The maximum atomic E-state index is 13.8. The first-order chi connectivity index (χ1) is 16.0. The van der Waals surface area contributed by atoms with E-state index in [-0.39, 0.29) is 30.4 Å². The Kier molecular flexibility index (Phi) is 7.26. The molecule has 2 saturated carbocycles. The highest BCUT2D eigenvalue weighted by molar-refractivity contribution is 5.99. The van der Waals surface area contributed by atoms with Crippen LogP contribution in [0.3, 0.4) is 0 Å². The van der Waals surface area contributed by atoms with Gasteiger partial charge in [0.05, 0.1) is 26.3 Å². The average Bonchev–Trinajstić information content (AvgIpc) is 3.61. The first-order valence-corrected chi connectivity index (χ1v) is 11.9. The summed E-state index contributed by atoms with van der Waals surface area (Å²) in [6.45, 7) is 0.672. The molecule has 0 saturated heterocycles. The lowest BCUT2D eigenvalue weighted by atomic mass is 9.93. The number of hydrogen-bond acceptors (Lipinski definition) is 4. The van der Waals surface area contributed by atoms with Gasteiger partial charge in [0.15, 0.2) is 0 Å². The molecule has 2 aliphatic rings. The normalized spacial score (nSPS) is 16.3. The molecule has 2 fully saturated rings. The molecule has 0 radical (unpaired) electrons. The van der Waals surface area contributed by atoms with Crippen LogP contribution in [0, 0.1) is 0 Å². The van der Waals surface area contributed by atoms with Crippen molar-refractivity contribution >= 4 is 11.8 Å². The summed E-state index contributed by atoms with van der Waals surface area (Å²) >= 11 is 0. The Morgan fingerprint density at radius 3 is 2.30 bits per heavy atom. The number of rotatable bonds is 9. The van der Waals surface area contributed by atoms with Crippen LogP contribution in [0.15, 0.2) is 36.5 Å². The van der Waals surface area contributed by atoms with E-state index in [9.17, 15) is 9.59 Å². The smallest absolute Gasteiger partial charge is 0.258 e. The highest BCUT2D eigenvalue weighted by Crippen LogP contribution is 2.31. The third-order valence-corrected chi connectivity index (χ3v) is 6.91. The quantitative estimate of drug-likeness (QED) is 0.576. The van der Waals surface area contributed by atoms with Crippen molar-refractivity contribution in [1.29, 1.82) is 0 Å². The summed E-state index contributed by atoms with van der Waals surface area (Å²) in [5, 5.41) is 0. The zero-order chi connectivity index (χ0) is 23.4. The van der Waals surface area contributed by atoms with Crippen LogP contribution >= 0.6 is 0 Å². The Morgan fingerprint density at radius 1 is 0.970 bits per heavy atom. The largest absolute Gasteiger partial charge is 0.497 e. The Hall–Kier alpha value is -2.96. The number of carbonyl (C=O) groups is 2. The number of ether oxygens (including phenoxy) is 2. The highest BCUT2D eigenvalue weighted by Gasteiger charge is 2.36. The minimum absolute atomic E-state index is 0.0186. The van der Waals surface area contributed by atoms with E-state index in [1.54, 1.807) is 37.3 Å². The first kappa shape index (κ1) is 23.2. The minimum atomic E-state index is -0.149. The van der Waals surface area contributed by atoms with Gasteiger partial charge in [0.25, 0.3) is 5.91 Å². The van der Waals surface area contributed by atoms with E-state index in [0.29, 0.717) is 23.6 Å². The molecule has 0 aliphatic heterocycles. The van der Waals surface area contributed by atoms with Crippen LogP contribution in [-0.2, 0) is 18.4 Å². The summed E-state index contributed by atoms with van der Waals surface area (Å²) in [5.74, 6) is 0.969. The molecule has 0 atom stereocenters. The SMILES string of the molecule is COc1ccc(C(=O)N(CC(=O)N(Cc2cccn2C)C2CC2)C2CCCCC2)c(OC)c1. The van der Waals surface area contributed by atoms with Gasteiger partial charge < -0.3 is 23.8 Å². The van der Waals surface area contributed by atoms with Gasteiger partial charge in [0, 0.05) is 37.1 Å². The summed E-state index contributed by atoms with van der Waals surface area (Å²) in [6.07, 6.45) is 9.26. The van der Waals surface area contributed by atoms with Gasteiger partial charge in [-0.15, -0.1) is 0 Å². The zero-order valence-corrected chi connectivity index (χ0v) is 20.0. The predicted octanol–water partition coefficient (Wildman–Crippen LogP) is 4.01. The molecule has 178 valence electrons. The Balaban J connectivity index is 1.58. The van der Waals surface area contributed by atoms with Crippen LogP contribution < -0.4 is 9.47 Å². The summed E-state index contributed by atoms with van der Waals surface area (Å²) < 4.78 is 12.8. The molecule has 0 spiro atoms. The van der Waals surface area contributed by atoms with Crippen molar-refractivity contribution in [3.05, 3.63) is 47.8 Å². The minimum Gasteiger partial charge on any atom is -0.497 e. The zero-order valence-electron chi connectivity index (χ0n) is 20.0. The first-order valence-electron chi connectivity index (χ1n) is 11.9. The summed E-state index contributed by atoms with van der Waals surface area (Å²) in [6, 6.07) is 9.61. The van der Waals surface area contributed by atoms with E-state index >= 15 is 0 Å². The number of aromatic nitrogens is 1. The van der Waals surface area contributed by atoms with E-state index in [1.165, 1.54) is 6.42 Å². The molecule has 2 aromatic rings. The second-order valence-corrected chi connectivity index (χ2v) is 9.15. The lowest BCUT2D eigenvalue weighted by molar-refractivity contribution is -0.133. The van der Waals surface area contributed by atoms with Crippen molar-refractivity contribution in [3.63, 3.8) is 0 Å². The van der Waals surface area contributed by atoms with Gasteiger partial charge in [-0.2, -0.15) is 0 Å². The van der Waals surface area contributed by atoms with E-state index in [4.69, 9.17) is 9.47 Å². The highest BCUT2D eigenvalue weighted by atomic mass is 16.5. The van der Waals surface area contributed by atoms with Gasteiger partial charge in [-0.25, -0.2) is 0 Å².